The lowest BCUT2D eigenvalue weighted by atomic mass is 9.99. The molecule has 29 heavy (non-hydrogen) atoms. The summed E-state index contributed by atoms with van der Waals surface area (Å²) in [5.74, 6) is -1.13. The number of ether oxygens (including phenoxy) is 2. The summed E-state index contributed by atoms with van der Waals surface area (Å²) in [7, 11) is 0. The van der Waals surface area contributed by atoms with Crippen LogP contribution in [0, 0.1) is 17.9 Å². The van der Waals surface area contributed by atoms with Crippen molar-refractivity contribution in [3.05, 3.63) is 88.4 Å². The predicted octanol–water partition coefficient (Wildman–Crippen LogP) is 4.15. The van der Waals surface area contributed by atoms with Crippen LogP contribution in [0.2, 0.25) is 0 Å². The maximum absolute atomic E-state index is 12.7. The third kappa shape index (κ3) is 3.65. The van der Waals surface area contributed by atoms with Crippen molar-refractivity contribution >= 4 is 17.5 Å². The highest BCUT2D eigenvalue weighted by molar-refractivity contribution is 6.10. The van der Waals surface area contributed by atoms with Crippen molar-refractivity contribution in [2.75, 3.05) is 13.2 Å². The van der Waals surface area contributed by atoms with E-state index in [0.717, 1.165) is 11.1 Å². The van der Waals surface area contributed by atoms with Crippen LogP contribution >= 0.6 is 0 Å². The van der Waals surface area contributed by atoms with E-state index in [1.54, 1.807) is 18.2 Å². The second-order valence-electron chi connectivity index (χ2n) is 6.27. The first-order valence-corrected chi connectivity index (χ1v) is 8.74. The molecular formula is C23H16N2O4. The van der Waals surface area contributed by atoms with Crippen molar-refractivity contribution in [2.24, 2.45) is 0 Å². The first-order chi connectivity index (χ1) is 14.0. The van der Waals surface area contributed by atoms with Crippen LogP contribution < -0.4 is 0 Å². The van der Waals surface area contributed by atoms with Crippen LogP contribution in [0.1, 0.15) is 28.4 Å². The van der Waals surface area contributed by atoms with Crippen LogP contribution in [0.25, 0.3) is 21.5 Å². The molecule has 0 spiro atoms. The summed E-state index contributed by atoms with van der Waals surface area (Å²) >= 11 is 0. The van der Waals surface area contributed by atoms with Gasteiger partial charge in [0.1, 0.15) is 13.2 Å². The van der Waals surface area contributed by atoms with E-state index in [9.17, 15) is 14.9 Å². The molecule has 0 saturated carbocycles. The van der Waals surface area contributed by atoms with Gasteiger partial charge >= 0.3 is 11.9 Å². The summed E-state index contributed by atoms with van der Waals surface area (Å²) < 4.78 is 10.2. The molecule has 0 heterocycles. The lowest BCUT2D eigenvalue weighted by Gasteiger charge is -2.10. The molecule has 0 bridgehead atoms. The third-order valence-electron chi connectivity index (χ3n) is 4.37. The van der Waals surface area contributed by atoms with Gasteiger partial charge in [-0.3, -0.25) is 0 Å². The Kier molecular flexibility index (Phi) is 5.57. The van der Waals surface area contributed by atoms with E-state index in [4.69, 9.17) is 16.0 Å². The standard InChI is InChI=1S/C23H16N2O4/c1-14(2)22(26)28-11-12-29-23(27)18-10-6-9-17-20(18)15-7-4-5-8-16(15)21(17)19(13-24)25-3/h4-10H,1,11-12H2,2H3/b21-19-. The fourth-order valence-electron chi connectivity index (χ4n) is 3.15. The maximum Gasteiger partial charge on any atom is 0.338 e. The topological polar surface area (TPSA) is 80.8 Å². The van der Waals surface area contributed by atoms with Gasteiger partial charge in [-0.15, -0.1) is 0 Å². The number of rotatable bonds is 5. The Labute approximate surface area is 168 Å². The van der Waals surface area contributed by atoms with Gasteiger partial charge in [0.2, 0.25) is 0 Å². The predicted molar refractivity (Wildman–Crippen MR) is 106 cm³/mol. The Balaban J connectivity index is 1.94. The van der Waals surface area contributed by atoms with E-state index < -0.39 is 11.9 Å². The van der Waals surface area contributed by atoms with E-state index in [-0.39, 0.29) is 24.5 Å². The van der Waals surface area contributed by atoms with E-state index in [1.807, 2.05) is 30.3 Å². The SMILES string of the molecule is [C-]#[N+]/C(C#N)=C1/c2ccccc2-c2c(C(=O)OCCOC(=O)C(=C)C)cccc21. The first-order valence-electron chi connectivity index (χ1n) is 8.74. The molecule has 0 aromatic heterocycles. The molecule has 2 aromatic carbocycles. The average molecular weight is 384 g/mol. The number of carbonyl (C=O) groups excluding carboxylic acids is 2. The normalized spacial score (nSPS) is 12.7. The molecule has 0 aliphatic heterocycles. The van der Waals surface area contributed by atoms with Crippen LogP contribution in [0.4, 0.5) is 0 Å². The van der Waals surface area contributed by atoms with Crippen LogP contribution in [0.5, 0.6) is 0 Å². The molecule has 6 heteroatoms. The summed E-state index contributed by atoms with van der Waals surface area (Å²) in [5.41, 5.74) is 3.81. The molecule has 0 amide bonds. The summed E-state index contributed by atoms with van der Waals surface area (Å²) in [4.78, 5) is 27.4. The number of fused-ring (bicyclic) bond motifs is 3. The minimum Gasteiger partial charge on any atom is -0.459 e. The number of esters is 2. The minimum absolute atomic E-state index is 0.0339. The van der Waals surface area contributed by atoms with E-state index in [2.05, 4.69) is 11.4 Å². The molecular weight excluding hydrogens is 368 g/mol. The van der Waals surface area contributed by atoms with Gasteiger partial charge in [-0.2, -0.15) is 0 Å². The van der Waals surface area contributed by atoms with Gasteiger partial charge < -0.3 is 9.47 Å². The average Bonchev–Trinajstić information content (AvgIpc) is 3.06. The van der Waals surface area contributed by atoms with Crippen molar-refractivity contribution in [1.82, 2.24) is 0 Å². The second-order valence-corrected chi connectivity index (χ2v) is 6.27. The number of carbonyl (C=O) groups is 2. The van der Waals surface area contributed by atoms with E-state index >= 15 is 0 Å². The highest BCUT2D eigenvalue weighted by atomic mass is 16.6. The van der Waals surface area contributed by atoms with Crippen molar-refractivity contribution in [1.29, 1.82) is 5.26 Å². The number of hydrogen-bond donors (Lipinski definition) is 0. The van der Waals surface area contributed by atoms with Gasteiger partial charge in [0.25, 0.3) is 5.70 Å². The number of nitriles is 1. The fraction of sp³-hybridized carbons (Fsp3) is 0.130. The fourth-order valence-corrected chi connectivity index (χ4v) is 3.15. The Morgan fingerprint density at radius 2 is 1.72 bits per heavy atom. The molecule has 0 atom stereocenters. The third-order valence-corrected chi connectivity index (χ3v) is 4.37. The number of benzene rings is 2. The van der Waals surface area contributed by atoms with Gasteiger partial charge in [-0.1, -0.05) is 43.0 Å². The number of hydrogen-bond acceptors (Lipinski definition) is 5. The minimum atomic E-state index is -0.578. The monoisotopic (exact) mass is 384 g/mol. The molecule has 0 fully saturated rings. The Morgan fingerprint density at radius 3 is 2.38 bits per heavy atom. The maximum atomic E-state index is 12.7. The Hall–Kier alpha value is -4.16. The summed E-state index contributed by atoms with van der Waals surface area (Å²) in [6.07, 6.45) is 0. The molecule has 2 aromatic rings. The van der Waals surface area contributed by atoms with E-state index in [1.165, 1.54) is 6.92 Å². The molecule has 3 rings (SSSR count). The molecule has 0 N–H and O–H groups in total. The van der Waals surface area contributed by atoms with Crippen LogP contribution in [0.3, 0.4) is 0 Å². The zero-order valence-corrected chi connectivity index (χ0v) is 15.7. The van der Waals surface area contributed by atoms with Crippen LogP contribution in [-0.2, 0) is 14.3 Å². The number of nitrogens with zero attached hydrogens (tertiary/aromatic N) is 2. The zero-order valence-electron chi connectivity index (χ0n) is 15.7. The first kappa shape index (κ1) is 19.6. The highest BCUT2D eigenvalue weighted by Crippen LogP contribution is 2.47. The molecule has 0 unspecified atom stereocenters. The molecule has 0 saturated heterocycles. The van der Waals surface area contributed by atoms with Gasteiger partial charge in [0.05, 0.1) is 18.2 Å². The van der Waals surface area contributed by atoms with Crippen molar-refractivity contribution in [3.63, 3.8) is 0 Å². The summed E-state index contributed by atoms with van der Waals surface area (Å²) in [6, 6.07) is 14.3. The molecule has 0 radical (unpaired) electrons. The van der Waals surface area contributed by atoms with Crippen molar-refractivity contribution < 1.29 is 19.1 Å². The van der Waals surface area contributed by atoms with Crippen molar-refractivity contribution in [3.8, 4) is 17.2 Å². The molecule has 6 nitrogen and oxygen atoms in total. The molecule has 1 aliphatic rings. The van der Waals surface area contributed by atoms with Crippen molar-refractivity contribution in [2.45, 2.75) is 6.92 Å². The van der Waals surface area contributed by atoms with Crippen LogP contribution in [0.15, 0.2) is 60.3 Å². The van der Waals surface area contributed by atoms with E-state index in [0.29, 0.717) is 22.3 Å². The lowest BCUT2D eigenvalue weighted by molar-refractivity contribution is -0.140. The Bertz CT molecular complexity index is 1130. The zero-order chi connectivity index (χ0) is 21.0. The smallest absolute Gasteiger partial charge is 0.338 e. The van der Waals surface area contributed by atoms with Gasteiger partial charge in [0.15, 0.2) is 0 Å². The van der Waals surface area contributed by atoms with Gasteiger partial charge in [-0.25, -0.2) is 19.7 Å². The lowest BCUT2D eigenvalue weighted by Crippen LogP contribution is -2.14. The van der Waals surface area contributed by atoms with Gasteiger partial charge in [-0.05, 0) is 29.7 Å². The molecule has 1 aliphatic carbocycles. The highest BCUT2D eigenvalue weighted by Gasteiger charge is 2.30. The summed E-state index contributed by atoms with van der Waals surface area (Å²) in [6.45, 7) is 12.2. The second kappa shape index (κ2) is 8.24. The van der Waals surface area contributed by atoms with Crippen LogP contribution in [-0.4, -0.2) is 25.2 Å². The Morgan fingerprint density at radius 1 is 1.07 bits per heavy atom. The number of allylic oxidation sites excluding steroid dienone is 1. The largest absolute Gasteiger partial charge is 0.459 e. The van der Waals surface area contributed by atoms with Gasteiger partial charge in [0, 0.05) is 16.7 Å². The molecule has 142 valence electrons. The quantitative estimate of drug-likeness (QED) is 0.217. The summed E-state index contributed by atoms with van der Waals surface area (Å²) in [5, 5.41) is 9.38.